The molecule has 0 bridgehead atoms. The van der Waals surface area contributed by atoms with E-state index in [1.165, 1.54) is 23.8 Å². The molecule has 0 N–H and O–H groups in total. The molecule has 0 aliphatic carbocycles. The number of carbonyl (C=O) groups is 1. The molecule has 2 aromatic rings. The van der Waals surface area contributed by atoms with E-state index in [0.29, 0.717) is 5.56 Å². The topological polar surface area (TPSA) is 17.1 Å². The van der Waals surface area contributed by atoms with Crippen LogP contribution in [0.25, 0.3) is 6.08 Å². The van der Waals surface area contributed by atoms with E-state index in [0.717, 1.165) is 11.1 Å². The zero-order valence-corrected chi connectivity index (χ0v) is 11.0. The standard InChI is InChI=1S/C17H15FO/c1-12-3-7-15(11-13(12)2)17(19)10-6-14-4-8-16(18)9-5-14/h3-11H,1-2H3/b10-6+. The summed E-state index contributed by atoms with van der Waals surface area (Å²) in [5.74, 6) is -0.329. The molecule has 0 radical (unpaired) electrons. The fourth-order valence-electron chi connectivity index (χ4n) is 1.74. The molecule has 0 heterocycles. The summed E-state index contributed by atoms with van der Waals surface area (Å²) < 4.78 is 12.7. The lowest BCUT2D eigenvalue weighted by atomic mass is 10.0. The van der Waals surface area contributed by atoms with Gasteiger partial charge >= 0.3 is 0 Å². The zero-order chi connectivity index (χ0) is 13.8. The number of allylic oxidation sites excluding steroid dienone is 1. The van der Waals surface area contributed by atoms with E-state index < -0.39 is 0 Å². The monoisotopic (exact) mass is 254 g/mol. The number of hydrogen-bond acceptors (Lipinski definition) is 1. The Balaban J connectivity index is 2.16. The first-order valence-corrected chi connectivity index (χ1v) is 6.11. The largest absolute Gasteiger partial charge is 0.289 e. The number of hydrogen-bond donors (Lipinski definition) is 0. The number of ketones is 1. The van der Waals surface area contributed by atoms with Crippen LogP contribution in [0.3, 0.4) is 0 Å². The second kappa shape index (κ2) is 5.61. The highest BCUT2D eigenvalue weighted by molar-refractivity contribution is 6.06. The van der Waals surface area contributed by atoms with Crippen molar-refractivity contribution in [2.45, 2.75) is 13.8 Å². The summed E-state index contributed by atoms with van der Waals surface area (Å²) in [6.07, 6.45) is 3.20. The van der Waals surface area contributed by atoms with Crippen molar-refractivity contribution in [1.82, 2.24) is 0 Å². The van der Waals surface area contributed by atoms with E-state index in [4.69, 9.17) is 0 Å². The first kappa shape index (κ1) is 13.2. The predicted molar refractivity (Wildman–Crippen MR) is 75.7 cm³/mol. The maximum absolute atomic E-state index is 12.7. The van der Waals surface area contributed by atoms with Gasteiger partial charge in [0.05, 0.1) is 0 Å². The lowest BCUT2D eigenvalue weighted by Gasteiger charge is -2.01. The summed E-state index contributed by atoms with van der Waals surface area (Å²) in [5.41, 5.74) is 3.74. The highest BCUT2D eigenvalue weighted by atomic mass is 19.1. The van der Waals surface area contributed by atoms with Crippen LogP contribution in [0.5, 0.6) is 0 Å². The quantitative estimate of drug-likeness (QED) is 0.588. The zero-order valence-electron chi connectivity index (χ0n) is 11.0. The minimum absolute atomic E-state index is 0.0487. The maximum atomic E-state index is 12.7. The minimum atomic E-state index is -0.280. The highest BCUT2D eigenvalue weighted by Gasteiger charge is 2.03. The molecule has 0 aliphatic heterocycles. The molecular weight excluding hydrogens is 239 g/mol. The summed E-state index contributed by atoms with van der Waals surface area (Å²) in [6.45, 7) is 3.99. The Morgan fingerprint density at radius 2 is 1.68 bits per heavy atom. The molecule has 0 unspecified atom stereocenters. The Kier molecular flexibility index (Phi) is 3.91. The van der Waals surface area contributed by atoms with E-state index in [-0.39, 0.29) is 11.6 Å². The molecule has 0 aromatic heterocycles. The fraction of sp³-hybridized carbons (Fsp3) is 0.118. The molecule has 0 spiro atoms. The van der Waals surface area contributed by atoms with Gasteiger partial charge in [-0.05, 0) is 54.8 Å². The molecule has 0 aliphatic rings. The molecule has 0 saturated heterocycles. The van der Waals surface area contributed by atoms with Gasteiger partial charge in [-0.2, -0.15) is 0 Å². The molecule has 0 amide bonds. The van der Waals surface area contributed by atoms with Crippen LogP contribution < -0.4 is 0 Å². The second-order valence-electron chi connectivity index (χ2n) is 4.55. The van der Waals surface area contributed by atoms with Crippen LogP contribution in [0.15, 0.2) is 48.5 Å². The molecule has 0 saturated carbocycles. The van der Waals surface area contributed by atoms with E-state index >= 15 is 0 Å². The van der Waals surface area contributed by atoms with Gasteiger partial charge in [-0.25, -0.2) is 4.39 Å². The Labute approximate surface area is 112 Å². The van der Waals surface area contributed by atoms with Crippen molar-refractivity contribution in [2.75, 3.05) is 0 Å². The lowest BCUT2D eigenvalue weighted by molar-refractivity contribution is 0.104. The molecule has 1 nitrogen and oxygen atoms in total. The number of carbonyl (C=O) groups excluding carboxylic acids is 1. The van der Waals surface area contributed by atoms with Gasteiger partial charge in [-0.1, -0.05) is 30.3 Å². The van der Waals surface area contributed by atoms with Crippen LogP contribution in [0.2, 0.25) is 0 Å². The van der Waals surface area contributed by atoms with Gasteiger partial charge in [0.25, 0.3) is 0 Å². The van der Waals surface area contributed by atoms with Crippen molar-refractivity contribution in [2.24, 2.45) is 0 Å². The Morgan fingerprint density at radius 3 is 2.32 bits per heavy atom. The summed E-state index contributed by atoms with van der Waals surface area (Å²) in [7, 11) is 0. The third kappa shape index (κ3) is 3.38. The van der Waals surface area contributed by atoms with Crippen molar-refractivity contribution >= 4 is 11.9 Å². The molecule has 0 atom stereocenters. The van der Waals surface area contributed by atoms with E-state index in [2.05, 4.69) is 0 Å². The number of rotatable bonds is 3. The van der Waals surface area contributed by atoms with Crippen LogP contribution in [0.4, 0.5) is 4.39 Å². The van der Waals surface area contributed by atoms with Crippen LogP contribution in [0.1, 0.15) is 27.0 Å². The Hall–Kier alpha value is -2.22. The number of benzene rings is 2. The van der Waals surface area contributed by atoms with Crippen LogP contribution in [0, 0.1) is 19.7 Å². The molecular formula is C17H15FO. The van der Waals surface area contributed by atoms with Crippen molar-refractivity contribution < 1.29 is 9.18 Å². The molecule has 2 heteroatoms. The molecule has 0 fully saturated rings. The Morgan fingerprint density at radius 1 is 1.00 bits per heavy atom. The van der Waals surface area contributed by atoms with Gasteiger partial charge in [0.2, 0.25) is 0 Å². The van der Waals surface area contributed by atoms with Crippen LogP contribution in [-0.2, 0) is 0 Å². The average molecular weight is 254 g/mol. The smallest absolute Gasteiger partial charge is 0.185 e. The van der Waals surface area contributed by atoms with Crippen molar-refractivity contribution in [3.05, 3.63) is 76.6 Å². The summed E-state index contributed by atoms with van der Waals surface area (Å²) in [5, 5.41) is 0. The average Bonchev–Trinajstić information content (AvgIpc) is 2.41. The summed E-state index contributed by atoms with van der Waals surface area (Å²) in [4.78, 5) is 12.0. The van der Waals surface area contributed by atoms with Gasteiger partial charge < -0.3 is 0 Å². The fourth-order valence-corrected chi connectivity index (χ4v) is 1.74. The van der Waals surface area contributed by atoms with Gasteiger partial charge in [0.1, 0.15) is 5.82 Å². The number of aryl methyl sites for hydroxylation is 2. The van der Waals surface area contributed by atoms with Gasteiger partial charge in [0, 0.05) is 5.56 Å². The van der Waals surface area contributed by atoms with Gasteiger partial charge in [-0.3, -0.25) is 4.79 Å². The highest BCUT2D eigenvalue weighted by Crippen LogP contribution is 2.12. The van der Waals surface area contributed by atoms with Crippen LogP contribution >= 0.6 is 0 Å². The lowest BCUT2D eigenvalue weighted by Crippen LogP contribution is -1.95. The SMILES string of the molecule is Cc1ccc(C(=O)/C=C/c2ccc(F)cc2)cc1C. The molecule has 19 heavy (non-hydrogen) atoms. The minimum Gasteiger partial charge on any atom is -0.289 e. The van der Waals surface area contributed by atoms with Crippen molar-refractivity contribution in [1.29, 1.82) is 0 Å². The third-order valence-corrected chi connectivity index (χ3v) is 3.09. The first-order valence-electron chi connectivity index (χ1n) is 6.11. The van der Waals surface area contributed by atoms with Gasteiger partial charge in [0.15, 0.2) is 5.78 Å². The predicted octanol–water partition coefficient (Wildman–Crippen LogP) is 4.34. The molecule has 96 valence electrons. The van der Waals surface area contributed by atoms with Crippen molar-refractivity contribution in [3.8, 4) is 0 Å². The third-order valence-electron chi connectivity index (χ3n) is 3.09. The molecule has 2 aromatic carbocycles. The van der Waals surface area contributed by atoms with E-state index in [1.807, 2.05) is 32.0 Å². The summed E-state index contributed by atoms with van der Waals surface area (Å²) >= 11 is 0. The number of halogens is 1. The van der Waals surface area contributed by atoms with Crippen LogP contribution in [-0.4, -0.2) is 5.78 Å². The second-order valence-corrected chi connectivity index (χ2v) is 4.55. The van der Waals surface area contributed by atoms with Crippen molar-refractivity contribution in [3.63, 3.8) is 0 Å². The van der Waals surface area contributed by atoms with E-state index in [1.54, 1.807) is 18.2 Å². The van der Waals surface area contributed by atoms with E-state index in [9.17, 15) is 9.18 Å². The van der Waals surface area contributed by atoms with Gasteiger partial charge in [-0.15, -0.1) is 0 Å². The Bertz CT molecular complexity index is 624. The molecule has 2 rings (SSSR count). The summed E-state index contributed by atoms with van der Waals surface area (Å²) in [6, 6.07) is 11.7. The maximum Gasteiger partial charge on any atom is 0.185 e. The first-order chi connectivity index (χ1) is 9.06. The normalized spacial score (nSPS) is 10.9.